The van der Waals surface area contributed by atoms with Gasteiger partial charge in [-0.05, 0) is 29.1 Å². The number of esters is 1. The van der Waals surface area contributed by atoms with E-state index in [9.17, 15) is 27.6 Å². The van der Waals surface area contributed by atoms with Crippen molar-refractivity contribution in [3.05, 3.63) is 30.0 Å². The largest absolute Gasteiger partial charge is 0.490 e. The third-order valence-electron chi connectivity index (χ3n) is 4.69. The van der Waals surface area contributed by atoms with Crippen LogP contribution in [0.5, 0.6) is 0 Å². The Morgan fingerprint density at radius 3 is 2.55 bits per heavy atom. The molecular weight excluding hydrogens is 395 g/mol. The van der Waals surface area contributed by atoms with E-state index in [1.54, 1.807) is 6.07 Å². The number of carbonyl (C=O) groups excluding carboxylic acids is 3. The average molecular weight is 411 g/mol. The summed E-state index contributed by atoms with van der Waals surface area (Å²) in [5.74, 6) is -3.57. The van der Waals surface area contributed by atoms with Gasteiger partial charge in [0.25, 0.3) is 5.91 Å². The van der Waals surface area contributed by atoms with Gasteiger partial charge in [0, 0.05) is 36.7 Å². The van der Waals surface area contributed by atoms with Crippen molar-refractivity contribution < 1.29 is 32.3 Å². The Bertz CT molecular complexity index is 1030. The predicted octanol–water partition coefficient (Wildman–Crippen LogP) is 1.10. The number of amides is 3. The first-order chi connectivity index (χ1) is 13.4. The number of halogens is 3. The zero-order valence-corrected chi connectivity index (χ0v) is 14.8. The summed E-state index contributed by atoms with van der Waals surface area (Å²) in [6, 6.07) is 3.42. The van der Waals surface area contributed by atoms with Crippen molar-refractivity contribution in [2.75, 3.05) is 18.0 Å². The van der Waals surface area contributed by atoms with Gasteiger partial charge < -0.3 is 21.9 Å². The standard InChI is InChI=1S/C17H16F3N5O4/c18-17(19,20)14(27)29-16(2-4-25(13(16)26)15(23)28)7-9-5-10-8(6-11(9)21)1-3-24-12(10)22/h1,3,5-6H,2,4,7,21H2,(H2,22,24)(H2,23,28)/t16-/m1/s1. The van der Waals surface area contributed by atoms with E-state index < -0.39 is 36.1 Å². The fraction of sp³-hybridized carbons (Fsp3) is 0.294. The van der Waals surface area contributed by atoms with Gasteiger partial charge in [-0.1, -0.05) is 0 Å². The van der Waals surface area contributed by atoms with Crippen LogP contribution in [0.15, 0.2) is 24.4 Å². The van der Waals surface area contributed by atoms with Gasteiger partial charge in [0.05, 0.1) is 0 Å². The van der Waals surface area contributed by atoms with E-state index in [1.807, 2.05) is 0 Å². The van der Waals surface area contributed by atoms with Crippen LogP contribution in [0.25, 0.3) is 10.8 Å². The number of rotatable bonds is 3. The Hall–Kier alpha value is -3.57. The van der Waals surface area contributed by atoms with E-state index in [0.29, 0.717) is 15.7 Å². The van der Waals surface area contributed by atoms with Gasteiger partial charge in [-0.3, -0.25) is 9.69 Å². The molecule has 3 rings (SSSR count). The number of likely N-dealkylation sites (tertiary alicyclic amines) is 1. The quantitative estimate of drug-likeness (QED) is 0.504. The smallest absolute Gasteiger partial charge is 0.442 e. The van der Waals surface area contributed by atoms with Crippen LogP contribution in [0.1, 0.15) is 12.0 Å². The van der Waals surface area contributed by atoms with Crippen LogP contribution in [0, 0.1) is 0 Å². The molecule has 2 aromatic rings. The molecule has 1 aromatic carbocycles. The van der Waals surface area contributed by atoms with Crippen LogP contribution >= 0.6 is 0 Å². The number of aromatic nitrogens is 1. The van der Waals surface area contributed by atoms with E-state index >= 15 is 0 Å². The highest BCUT2D eigenvalue weighted by atomic mass is 19.4. The third-order valence-corrected chi connectivity index (χ3v) is 4.69. The number of carbonyl (C=O) groups is 3. The molecule has 1 aliphatic rings. The van der Waals surface area contributed by atoms with Crippen LogP contribution < -0.4 is 17.2 Å². The minimum Gasteiger partial charge on any atom is -0.442 e. The molecule has 6 N–H and O–H groups in total. The molecule has 0 radical (unpaired) electrons. The van der Waals surface area contributed by atoms with Crippen LogP contribution in [0.4, 0.5) is 29.5 Å². The molecule has 0 unspecified atom stereocenters. The number of alkyl halides is 3. The lowest BCUT2D eigenvalue weighted by Gasteiger charge is -2.28. The summed E-state index contributed by atoms with van der Waals surface area (Å²) in [6.45, 7) is -0.309. The summed E-state index contributed by atoms with van der Waals surface area (Å²) in [7, 11) is 0. The second kappa shape index (κ2) is 6.79. The second-order valence-corrected chi connectivity index (χ2v) is 6.57. The maximum absolute atomic E-state index is 12.8. The van der Waals surface area contributed by atoms with Crippen molar-refractivity contribution in [2.45, 2.75) is 24.6 Å². The van der Waals surface area contributed by atoms with Crippen molar-refractivity contribution in [1.82, 2.24) is 9.88 Å². The second-order valence-electron chi connectivity index (χ2n) is 6.57. The minimum atomic E-state index is -5.34. The lowest BCUT2D eigenvalue weighted by Crippen LogP contribution is -2.50. The van der Waals surface area contributed by atoms with Gasteiger partial charge >= 0.3 is 18.2 Å². The first kappa shape index (κ1) is 20.2. The Labute approximate surface area is 161 Å². The number of primary amides is 1. The molecule has 0 saturated carbocycles. The first-order valence-corrected chi connectivity index (χ1v) is 8.29. The Balaban J connectivity index is 2.06. The van der Waals surface area contributed by atoms with Crippen molar-refractivity contribution in [2.24, 2.45) is 5.73 Å². The van der Waals surface area contributed by atoms with Crippen molar-refractivity contribution in [1.29, 1.82) is 0 Å². The fourth-order valence-corrected chi connectivity index (χ4v) is 3.25. The van der Waals surface area contributed by atoms with Gasteiger partial charge in [0.2, 0.25) is 0 Å². The van der Waals surface area contributed by atoms with Crippen LogP contribution in [-0.4, -0.2) is 46.1 Å². The summed E-state index contributed by atoms with van der Waals surface area (Å²) < 4.78 is 43.0. The zero-order valence-electron chi connectivity index (χ0n) is 14.8. The minimum absolute atomic E-state index is 0.135. The number of fused-ring (bicyclic) bond motifs is 1. The van der Waals surface area contributed by atoms with Gasteiger partial charge in [-0.15, -0.1) is 0 Å². The van der Waals surface area contributed by atoms with Gasteiger partial charge in [-0.2, -0.15) is 13.2 Å². The van der Waals surface area contributed by atoms with Crippen molar-refractivity contribution >= 4 is 40.2 Å². The van der Waals surface area contributed by atoms with E-state index in [0.717, 1.165) is 0 Å². The maximum atomic E-state index is 12.8. The predicted molar refractivity (Wildman–Crippen MR) is 95.1 cm³/mol. The summed E-state index contributed by atoms with van der Waals surface area (Å²) >= 11 is 0. The number of hydrogen-bond donors (Lipinski definition) is 3. The number of pyridine rings is 1. The van der Waals surface area contributed by atoms with Crippen molar-refractivity contribution in [3.8, 4) is 0 Å². The number of imide groups is 1. The molecule has 2 heterocycles. The van der Waals surface area contributed by atoms with Gasteiger partial charge in [0.15, 0.2) is 5.60 Å². The molecule has 154 valence electrons. The number of nitrogen functional groups attached to an aromatic ring is 2. The van der Waals surface area contributed by atoms with Crippen LogP contribution in [0.2, 0.25) is 0 Å². The molecule has 0 aliphatic carbocycles. The van der Waals surface area contributed by atoms with Crippen LogP contribution in [-0.2, 0) is 20.7 Å². The van der Waals surface area contributed by atoms with E-state index in [1.165, 1.54) is 18.3 Å². The number of hydrogen-bond acceptors (Lipinski definition) is 7. The highest BCUT2D eigenvalue weighted by molar-refractivity contribution is 6.02. The topological polar surface area (TPSA) is 155 Å². The highest BCUT2D eigenvalue weighted by Crippen LogP contribution is 2.36. The van der Waals surface area contributed by atoms with Gasteiger partial charge in [0.1, 0.15) is 5.82 Å². The molecule has 0 spiro atoms. The average Bonchev–Trinajstić information content (AvgIpc) is 2.92. The fourth-order valence-electron chi connectivity index (χ4n) is 3.25. The molecule has 0 bridgehead atoms. The number of ether oxygens (including phenoxy) is 1. The SMILES string of the molecule is NC(=O)N1CC[C@](Cc2cc3c(N)nccc3cc2N)(OC(=O)C(F)(F)F)C1=O. The molecule has 1 aliphatic heterocycles. The van der Waals surface area contributed by atoms with E-state index in [-0.39, 0.29) is 30.0 Å². The molecule has 1 aromatic heterocycles. The molecule has 1 saturated heterocycles. The third kappa shape index (κ3) is 3.60. The summed E-state index contributed by atoms with van der Waals surface area (Å²) in [5.41, 5.74) is 15.0. The molecule has 1 fully saturated rings. The lowest BCUT2D eigenvalue weighted by atomic mass is 9.90. The van der Waals surface area contributed by atoms with Crippen LogP contribution in [0.3, 0.4) is 0 Å². The number of nitrogens with zero attached hydrogens (tertiary/aromatic N) is 2. The van der Waals surface area contributed by atoms with E-state index in [4.69, 9.17) is 17.2 Å². The molecule has 1 atom stereocenters. The Kier molecular flexibility index (Phi) is 4.73. The number of nitrogens with two attached hydrogens (primary N) is 3. The number of urea groups is 1. The molecule has 3 amide bonds. The first-order valence-electron chi connectivity index (χ1n) is 8.29. The molecular formula is C17H16F3N5O4. The molecule has 9 nitrogen and oxygen atoms in total. The van der Waals surface area contributed by atoms with Crippen molar-refractivity contribution in [3.63, 3.8) is 0 Å². The normalized spacial score (nSPS) is 19.6. The maximum Gasteiger partial charge on any atom is 0.490 e. The summed E-state index contributed by atoms with van der Waals surface area (Å²) in [5, 5.41) is 1.07. The Morgan fingerprint density at radius 2 is 1.97 bits per heavy atom. The Morgan fingerprint density at radius 1 is 1.28 bits per heavy atom. The monoisotopic (exact) mass is 411 g/mol. The van der Waals surface area contributed by atoms with Gasteiger partial charge in [-0.25, -0.2) is 14.6 Å². The number of anilines is 2. The molecule has 12 heteroatoms. The number of benzene rings is 1. The zero-order chi connectivity index (χ0) is 21.6. The summed E-state index contributed by atoms with van der Waals surface area (Å²) in [4.78, 5) is 40.1. The summed E-state index contributed by atoms with van der Waals surface area (Å²) in [6.07, 6.45) is -4.77. The van der Waals surface area contributed by atoms with E-state index in [2.05, 4.69) is 9.72 Å². The highest BCUT2D eigenvalue weighted by Gasteiger charge is 2.55. The molecule has 29 heavy (non-hydrogen) atoms. The lowest BCUT2D eigenvalue weighted by molar-refractivity contribution is -0.213.